The first kappa shape index (κ1) is 14.2. The van der Waals surface area contributed by atoms with Crippen LogP contribution < -0.4 is 0 Å². The highest BCUT2D eigenvalue weighted by Gasteiger charge is 2.41. The zero-order chi connectivity index (χ0) is 12.2. The minimum Gasteiger partial charge on any atom is -0.171 e. The average Bonchev–Trinajstić information content (AvgIpc) is 2.25. The predicted molar refractivity (Wildman–Crippen MR) is 63.7 cm³/mol. The van der Waals surface area contributed by atoms with Crippen LogP contribution in [0.3, 0.4) is 0 Å². The maximum Gasteiger partial charge on any atom is 0.391 e. The fourth-order valence-corrected chi connectivity index (χ4v) is 3.24. The van der Waals surface area contributed by atoms with E-state index in [4.69, 9.17) is 0 Å². The number of hydrogen-bond donors (Lipinski definition) is 0. The highest BCUT2D eigenvalue weighted by Crippen LogP contribution is 2.40. The van der Waals surface area contributed by atoms with E-state index in [0.29, 0.717) is 24.0 Å². The van der Waals surface area contributed by atoms with Crippen molar-refractivity contribution in [2.75, 3.05) is 5.75 Å². The van der Waals surface area contributed by atoms with E-state index in [9.17, 15) is 13.2 Å². The van der Waals surface area contributed by atoms with Crippen molar-refractivity contribution >= 4 is 11.8 Å². The van der Waals surface area contributed by atoms with Crippen molar-refractivity contribution in [2.24, 2.45) is 11.8 Å². The van der Waals surface area contributed by atoms with Crippen LogP contribution in [0.4, 0.5) is 13.2 Å². The van der Waals surface area contributed by atoms with Gasteiger partial charge in [-0.1, -0.05) is 13.8 Å². The normalized spacial score (nSPS) is 29.1. The summed E-state index contributed by atoms with van der Waals surface area (Å²) in [5.74, 6) is 0.523. The molecule has 0 heterocycles. The third-order valence-electron chi connectivity index (χ3n) is 3.50. The molecule has 16 heavy (non-hydrogen) atoms. The quantitative estimate of drug-likeness (QED) is 0.688. The lowest BCUT2D eigenvalue weighted by Crippen LogP contribution is -2.28. The zero-order valence-corrected chi connectivity index (χ0v) is 10.8. The Balaban J connectivity index is 2.22. The van der Waals surface area contributed by atoms with E-state index in [-0.39, 0.29) is 0 Å². The second kappa shape index (κ2) is 6.18. The maximum atomic E-state index is 12.4. The van der Waals surface area contributed by atoms with Crippen molar-refractivity contribution in [1.82, 2.24) is 0 Å². The molecule has 0 amide bonds. The Hall–Kier alpha value is 0.140. The van der Waals surface area contributed by atoms with Crippen LogP contribution >= 0.6 is 11.8 Å². The number of hydrogen-bond acceptors (Lipinski definition) is 1. The second-order valence-corrected chi connectivity index (χ2v) is 6.28. The van der Waals surface area contributed by atoms with Gasteiger partial charge in [-0.3, -0.25) is 0 Å². The van der Waals surface area contributed by atoms with Gasteiger partial charge < -0.3 is 0 Å². The standard InChI is InChI=1S/C12H21F3S/c1-3-9(2)16-8-10-4-6-11(7-5-10)12(13,14)15/h9-11H,3-8H2,1-2H3. The Bertz CT molecular complexity index is 195. The summed E-state index contributed by atoms with van der Waals surface area (Å²) in [4.78, 5) is 0. The van der Waals surface area contributed by atoms with E-state index in [1.807, 2.05) is 11.8 Å². The molecule has 0 aromatic heterocycles. The lowest BCUT2D eigenvalue weighted by molar-refractivity contribution is -0.183. The average molecular weight is 254 g/mol. The van der Waals surface area contributed by atoms with E-state index in [2.05, 4.69) is 13.8 Å². The highest BCUT2D eigenvalue weighted by atomic mass is 32.2. The minimum absolute atomic E-state index is 0.342. The molecule has 1 atom stereocenters. The van der Waals surface area contributed by atoms with Gasteiger partial charge in [-0.15, -0.1) is 0 Å². The van der Waals surface area contributed by atoms with Crippen LogP contribution in [0, 0.1) is 11.8 Å². The van der Waals surface area contributed by atoms with Gasteiger partial charge in [0.25, 0.3) is 0 Å². The molecule has 96 valence electrons. The van der Waals surface area contributed by atoms with Crippen molar-refractivity contribution in [2.45, 2.75) is 57.4 Å². The van der Waals surface area contributed by atoms with Crippen molar-refractivity contribution < 1.29 is 13.2 Å². The van der Waals surface area contributed by atoms with Crippen molar-refractivity contribution in [3.05, 3.63) is 0 Å². The minimum atomic E-state index is -3.96. The maximum absolute atomic E-state index is 12.4. The molecular weight excluding hydrogens is 233 g/mol. The molecule has 1 aliphatic carbocycles. The fraction of sp³-hybridized carbons (Fsp3) is 1.00. The molecule has 0 aromatic carbocycles. The lowest BCUT2D eigenvalue weighted by atomic mass is 9.82. The SMILES string of the molecule is CCC(C)SCC1CCC(C(F)(F)F)CC1. The van der Waals surface area contributed by atoms with Gasteiger partial charge in [-0.2, -0.15) is 24.9 Å². The largest absolute Gasteiger partial charge is 0.391 e. The third-order valence-corrected chi connectivity index (χ3v) is 5.07. The Labute approximate surface area is 100 Å². The zero-order valence-electron chi connectivity index (χ0n) is 10.0. The summed E-state index contributed by atoms with van der Waals surface area (Å²) in [6, 6.07) is 0. The van der Waals surface area contributed by atoms with Gasteiger partial charge in [-0.05, 0) is 43.8 Å². The number of alkyl halides is 3. The lowest BCUT2D eigenvalue weighted by Gasteiger charge is -2.30. The molecule has 0 nitrogen and oxygen atoms in total. The monoisotopic (exact) mass is 254 g/mol. The molecule has 0 aromatic rings. The number of halogens is 3. The van der Waals surface area contributed by atoms with Gasteiger partial charge in [0, 0.05) is 5.25 Å². The van der Waals surface area contributed by atoms with E-state index < -0.39 is 12.1 Å². The molecule has 1 aliphatic rings. The van der Waals surface area contributed by atoms with E-state index >= 15 is 0 Å². The topological polar surface area (TPSA) is 0 Å². The summed E-state index contributed by atoms with van der Waals surface area (Å²) in [6.07, 6.45) is -0.622. The molecule has 0 N–H and O–H groups in total. The Kier molecular flexibility index (Phi) is 5.48. The number of rotatable bonds is 4. The molecule has 1 saturated carbocycles. The summed E-state index contributed by atoms with van der Waals surface area (Å²) >= 11 is 1.91. The van der Waals surface area contributed by atoms with Gasteiger partial charge in [-0.25, -0.2) is 0 Å². The summed E-state index contributed by atoms with van der Waals surface area (Å²) in [7, 11) is 0. The summed E-state index contributed by atoms with van der Waals surface area (Å²) in [5, 5.41) is 0.639. The molecular formula is C12H21F3S. The summed E-state index contributed by atoms with van der Waals surface area (Å²) < 4.78 is 37.3. The summed E-state index contributed by atoms with van der Waals surface area (Å²) in [6.45, 7) is 4.34. The van der Waals surface area contributed by atoms with Gasteiger partial charge in [0.1, 0.15) is 0 Å². The third kappa shape index (κ3) is 4.56. The molecule has 0 radical (unpaired) electrons. The molecule has 0 spiro atoms. The fourth-order valence-electron chi connectivity index (χ4n) is 2.07. The molecule has 0 bridgehead atoms. The molecule has 0 aliphatic heterocycles. The van der Waals surface area contributed by atoms with Crippen LogP contribution in [-0.4, -0.2) is 17.2 Å². The molecule has 0 saturated heterocycles. The van der Waals surface area contributed by atoms with Crippen LogP contribution in [0.5, 0.6) is 0 Å². The molecule has 1 fully saturated rings. The Morgan fingerprint density at radius 2 is 1.75 bits per heavy atom. The Morgan fingerprint density at radius 1 is 1.19 bits per heavy atom. The smallest absolute Gasteiger partial charge is 0.171 e. The Morgan fingerprint density at radius 3 is 2.19 bits per heavy atom. The van der Waals surface area contributed by atoms with Gasteiger partial charge >= 0.3 is 6.18 Å². The first-order valence-electron chi connectivity index (χ1n) is 6.11. The van der Waals surface area contributed by atoms with Gasteiger partial charge in [0.05, 0.1) is 5.92 Å². The van der Waals surface area contributed by atoms with E-state index in [0.717, 1.165) is 25.0 Å². The van der Waals surface area contributed by atoms with Crippen LogP contribution in [0.1, 0.15) is 46.0 Å². The first-order chi connectivity index (χ1) is 7.43. The first-order valence-corrected chi connectivity index (χ1v) is 7.16. The van der Waals surface area contributed by atoms with Crippen molar-refractivity contribution in [1.29, 1.82) is 0 Å². The van der Waals surface area contributed by atoms with Crippen LogP contribution in [0.25, 0.3) is 0 Å². The second-order valence-electron chi connectivity index (χ2n) is 4.81. The van der Waals surface area contributed by atoms with Crippen LogP contribution in [0.15, 0.2) is 0 Å². The summed E-state index contributed by atoms with van der Waals surface area (Å²) in [5.41, 5.74) is 0. The van der Waals surface area contributed by atoms with E-state index in [1.54, 1.807) is 0 Å². The van der Waals surface area contributed by atoms with E-state index in [1.165, 1.54) is 0 Å². The van der Waals surface area contributed by atoms with Gasteiger partial charge in [0.15, 0.2) is 0 Å². The molecule has 4 heteroatoms. The van der Waals surface area contributed by atoms with Crippen molar-refractivity contribution in [3.63, 3.8) is 0 Å². The molecule has 1 unspecified atom stereocenters. The van der Waals surface area contributed by atoms with Crippen molar-refractivity contribution in [3.8, 4) is 0 Å². The number of thioether (sulfide) groups is 1. The highest BCUT2D eigenvalue weighted by molar-refractivity contribution is 7.99. The van der Waals surface area contributed by atoms with Gasteiger partial charge in [0.2, 0.25) is 0 Å². The van der Waals surface area contributed by atoms with Crippen LogP contribution in [-0.2, 0) is 0 Å². The molecule has 1 rings (SSSR count). The predicted octanol–water partition coefficient (Wildman–Crippen LogP) is 4.89. The van der Waals surface area contributed by atoms with Crippen LogP contribution in [0.2, 0.25) is 0 Å².